The van der Waals surface area contributed by atoms with E-state index in [0.717, 1.165) is 0 Å². The van der Waals surface area contributed by atoms with Crippen LogP contribution < -0.4 is 0 Å². The van der Waals surface area contributed by atoms with Crippen molar-refractivity contribution < 1.29 is 14.3 Å². The zero-order valence-corrected chi connectivity index (χ0v) is 11.7. The SMILES string of the molecule is CCOC(=O)/C(C)=C/CCC(=O)c1cc(Cl)ccn1. The van der Waals surface area contributed by atoms with Crippen LogP contribution in [0.1, 0.15) is 37.2 Å². The van der Waals surface area contributed by atoms with E-state index in [-0.39, 0.29) is 18.2 Å². The van der Waals surface area contributed by atoms with Gasteiger partial charge in [-0.2, -0.15) is 0 Å². The minimum atomic E-state index is -0.351. The molecule has 4 nitrogen and oxygen atoms in total. The number of ether oxygens (including phenoxy) is 1. The molecule has 1 heterocycles. The maximum Gasteiger partial charge on any atom is 0.333 e. The summed E-state index contributed by atoms with van der Waals surface area (Å²) in [6.45, 7) is 3.76. The number of allylic oxidation sites excluding steroid dienone is 1. The fourth-order valence-electron chi connectivity index (χ4n) is 1.43. The number of carbonyl (C=O) groups excluding carboxylic acids is 2. The molecule has 0 aliphatic heterocycles. The predicted octanol–water partition coefficient (Wildman–Crippen LogP) is 3.21. The molecule has 1 aromatic rings. The van der Waals surface area contributed by atoms with Crippen LogP contribution in [0, 0.1) is 0 Å². The summed E-state index contributed by atoms with van der Waals surface area (Å²) in [6, 6.07) is 3.15. The standard InChI is InChI=1S/C14H16ClNO3/c1-3-19-14(18)10(2)5-4-6-13(17)12-9-11(15)7-8-16-12/h5,7-9H,3-4,6H2,1-2H3/b10-5+. The molecular formula is C14H16ClNO3. The highest BCUT2D eigenvalue weighted by atomic mass is 35.5. The molecule has 5 heteroatoms. The molecule has 0 unspecified atom stereocenters. The van der Waals surface area contributed by atoms with Crippen molar-refractivity contribution in [3.05, 3.63) is 40.7 Å². The first-order chi connectivity index (χ1) is 9.04. The molecule has 0 amide bonds. The van der Waals surface area contributed by atoms with Gasteiger partial charge in [-0.15, -0.1) is 0 Å². The molecule has 102 valence electrons. The van der Waals surface area contributed by atoms with Crippen LogP contribution in [0.5, 0.6) is 0 Å². The Kier molecular flexibility index (Phi) is 6.22. The van der Waals surface area contributed by atoms with Crippen molar-refractivity contribution in [3.8, 4) is 0 Å². The summed E-state index contributed by atoms with van der Waals surface area (Å²) < 4.78 is 4.84. The molecule has 0 spiro atoms. The van der Waals surface area contributed by atoms with E-state index in [0.29, 0.717) is 29.3 Å². The molecule has 0 saturated heterocycles. The largest absolute Gasteiger partial charge is 0.463 e. The maximum absolute atomic E-state index is 11.8. The van der Waals surface area contributed by atoms with E-state index < -0.39 is 0 Å². The monoisotopic (exact) mass is 281 g/mol. The average Bonchev–Trinajstić information content (AvgIpc) is 2.38. The van der Waals surface area contributed by atoms with Crippen molar-refractivity contribution in [1.29, 1.82) is 0 Å². The number of pyridine rings is 1. The van der Waals surface area contributed by atoms with Gasteiger partial charge in [-0.25, -0.2) is 4.79 Å². The number of hydrogen-bond donors (Lipinski definition) is 0. The third-order valence-corrected chi connectivity index (χ3v) is 2.66. The first-order valence-electron chi connectivity index (χ1n) is 6.03. The fraction of sp³-hybridized carbons (Fsp3) is 0.357. The van der Waals surface area contributed by atoms with Gasteiger partial charge in [0, 0.05) is 23.2 Å². The van der Waals surface area contributed by atoms with Crippen molar-refractivity contribution >= 4 is 23.4 Å². The van der Waals surface area contributed by atoms with Crippen LogP contribution in [0.25, 0.3) is 0 Å². The summed E-state index contributed by atoms with van der Waals surface area (Å²) in [5.74, 6) is -0.453. The first-order valence-corrected chi connectivity index (χ1v) is 6.41. The van der Waals surface area contributed by atoms with E-state index in [1.165, 1.54) is 12.3 Å². The van der Waals surface area contributed by atoms with Crippen molar-refractivity contribution in [1.82, 2.24) is 4.98 Å². The number of ketones is 1. The minimum absolute atomic E-state index is 0.101. The third kappa shape index (κ3) is 5.22. The van der Waals surface area contributed by atoms with Crippen LogP contribution in [-0.4, -0.2) is 23.3 Å². The van der Waals surface area contributed by atoms with Crippen molar-refractivity contribution in [2.24, 2.45) is 0 Å². The fourth-order valence-corrected chi connectivity index (χ4v) is 1.59. The zero-order valence-electron chi connectivity index (χ0n) is 11.0. The molecule has 0 aliphatic rings. The van der Waals surface area contributed by atoms with Gasteiger partial charge in [0.05, 0.1) is 6.61 Å². The summed E-state index contributed by atoms with van der Waals surface area (Å²) >= 11 is 5.78. The summed E-state index contributed by atoms with van der Waals surface area (Å²) in [6.07, 6.45) is 3.94. The van der Waals surface area contributed by atoms with Gasteiger partial charge in [0.1, 0.15) is 5.69 Å². The quantitative estimate of drug-likeness (QED) is 0.456. The van der Waals surface area contributed by atoms with E-state index in [4.69, 9.17) is 16.3 Å². The van der Waals surface area contributed by atoms with E-state index in [9.17, 15) is 9.59 Å². The van der Waals surface area contributed by atoms with Crippen molar-refractivity contribution in [2.75, 3.05) is 6.61 Å². The molecular weight excluding hydrogens is 266 g/mol. The molecule has 0 bridgehead atoms. The predicted molar refractivity (Wildman–Crippen MR) is 73.2 cm³/mol. The second-order valence-electron chi connectivity index (χ2n) is 3.93. The maximum atomic E-state index is 11.8. The summed E-state index contributed by atoms with van der Waals surface area (Å²) in [5.41, 5.74) is 0.850. The lowest BCUT2D eigenvalue weighted by atomic mass is 10.1. The average molecular weight is 282 g/mol. The van der Waals surface area contributed by atoms with Crippen LogP contribution in [0.15, 0.2) is 30.0 Å². The number of esters is 1. The van der Waals surface area contributed by atoms with Gasteiger partial charge >= 0.3 is 5.97 Å². The number of halogens is 1. The van der Waals surface area contributed by atoms with Gasteiger partial charge in [0.15, 0.2) is 5.78 Å². The lowest BCUT2D eigenvalue weighted by Gasteiger charge is -2.02. The van der Waals surface area contributed by atoms with Crippen LogP contribution in [-0.2, 0) is 9.53 Å². The summed E-state index contributed by atoms with van der Waals surface area (Å²) in [5, 5.41) is 0.483. The first kappa shape index (κ1) is 15.4. The normalized spacial score (nSPS) is 11.2. The topological polar surface area (TPSA) is 56.3 Å². The lowest BCUT2D eigenvalue weighted by molar-refractivity contribution is -0.138. The summed E-state index contributed by atoms with van der Waals surface area (Å²) in [7, 11) is 0. The Bertz CT molecular complexity index is 497. The van der Waals surface area contributed by atoms with Crippen LogP contribution in [0.2, 0.25) is 5.02 Å². The summed E-state index contributed by atoms with van der Waals surface area (Å²) in [4.78, 5) is 27.1. The molecule has 0 saturated carbocycles. The Hall–Kier alpha value is -1.68. The number of hydrogen-bond acceptors (Lipinski definition) is 4. The third-order valence-electron chi connectivity index (χ3n) is 2.43. The molecule has 1 aromatic heterocycles. The van der Waals surface area contributed by atoms with Crippen LogP contribution in [0.4, 0.5) is 0 Å². The molecule has 0 atom stereocenters. The highest BCUT2D eigenvalue weighted by Gasteiger charge is 2.08. The Morgan fingerprint density at radius 2 is 2.21 bits per heavy atom. The second kappa shape index (κ2) is 7.69. The Labute approximate surface area is 117 Å². The van der Waals surface area contributed by atoms with Gasteiger partial charge in [-0.1, -0.05) is 17.7 Å². The number of carbonyl (C=O) groups is 2. The highest BCUT2D eigenvalue weighted by molar-refractivity contribution is 6.30. The number of rotatable bonds is 6. The molecule has 0 fully saturated rings. The van der Waals surface area contributed by atoms with Crippen LogP contribution >= 0.6 is 11.6 Å². The van der Waals surface area contributed by atoms with Crippen LogP contribution in [0.3, 0.4) is 0 Å². The van der Waals surface area contributed by atoms with Crippen molar-refractivity contribution in [2.45, 2.75) is 26.7 Å². The van der Waals surface area contributed by atoms with Gasteiger partial charge in [-0.05, 0) is 32.4 Å². The van der Waals surface area contributed by atoms with E-state index >= 15 is 0 Å². The van der Waals surface area contributed by atoms with Gasteiger partial charge in [-0.3, -0.25) is 9.78 Å². The minimum Gasteiger partial charge on any atom is -0.463 e. The molecule has 0 N–H and O–H groups in total. The van der Waals surface area contributed by atoms with E-state index in [1.54, 1.807) is 26.0 Å². The molecule has 0 aromatic carbocycles. The van der Waals surface area contributed by atoms with E-state index in [2.05, 4.69) is 4.98 Å². The Balaban J connectivity index is 2.51. The Morgan fingerprint density at radius 1 is 1.47 bits per heavy atom. The van der Waals surface area contributed by atoms with Gasteiger partial charge in [0.25, 0.3) is 0 Å². The highest BCUT2D eigenvalue weighted by Crippen LogP contribution is 2.11. The van der Waals surface area contributed by atoms with E-state index in [1.807, 2.05) is 0 Å². The molecule has 0 aliphatic carbocycles. The number of Topliss-reactive ketones (excluding diaryl/α,β-unsaturated/α-hetero) is 1. The number of aromatic nitrogens is 1. The lowest BCUT2D eigenvalue weighted by Crippen LogP contribution is -2.05. The smallest absolute Gasteiger partial charge is 0.333 e. The van der Waals surface area contributed by atoms with Crippen molar-refractivity contribution in [3.63, 3.8) is 0 Å². The molecule has 0 radical (unpaired) electrons. The Morgan fingerprint density at radius 3 is 2.84 bits per heavy atom. The van der Waals surface area contributed by atoms with Gasteiger partial charge < -0.3 is 4.74 Å². The van der Waals surface area contributed by atoms with Gasteiger partial charge in [0.2, 0.25) is 0 Å². The molecule has 1 rings (SSSR count). The zero-order chi connectivity index (χ0) is 14.3. The molecule has 19 heavy (non-hydrogen) atoms. The second-order valence-corrected chi connectivity index (χ2v) is 4.37. The number of nitrogens with zero attached hydrogens (tertiary/aromatic N) is 1.